The Bertz CT molecular complexity index is 1420. The van der Waals surface area contributed by atoms with Crippen LogP contribution in [0.3, 0.4) is 0 Å². The molecule has 0 radical (unpaired) electrons. The van der Waals surface area contributed by atoms with Crippen LogP contribution in [0.2, 0.25) is 0 Å². The van der Waals surface area contributed by atoms with Crippen LogP contribution in [-0.4, -0.2) is 63.9 Å². The van der Waals surface area contributed by atoms with Crippen molar-refractivity contribution in [3.63, 3.8) is 0 Å². The van der Waals surface area contributed by atoms with Crippen LogP contribution in [0, 0.1) is 13.8 Å². The normalized spacial score (nSPS) is 14.3. The van der Waals surface area contributed by atoms with Gasteiger partial charge in [0.2, 0.25) is 5.95 Å². The van der Waals surface area contributed by atoms with Crippen LogP contribution >= 0.6 is 0 Å². The first-order valence-corrected chi connectivity index (χ1v) is 12.9. The number of piperazine rings is 1. The molecule has 0 spiro atoms. The lowest BCUT2D eigenvalue weighted by Gasteiger charge is -2.32. The van der Waals surface area contributed by atoms with Crippen LogP contribution in [0.5, 0.6) is 0 Å². The van der Waals surface area contributed by atoms with Crippen molar-refractivity contribution >= 4 is 23.2 Å². The summed E-state index contributed by atoms with van der Waals surface area (Å²) < 4.78 is 0. The quantitative estimate of drug-likeness (QED) is 0.368. The molecule has 0 unspecified atom stereocenters. The fraction of sp³-hybridized carbons (Fsp3) is 0.267. The fourth-order valence-corrected chi connectivity index (χ4v) is 4.51. The van der Waals surface area contributed by atoms with Crippen LogP contribution in [0.4, 0.5) is 17.3 Å². The Kier molecular flexibility index (Phi) is 7.72. The number of aryl methyl sites for hydroxylation is 2. The maximum atomic E-state index is 13.1. The highest BCUT2D eigenvalue weighted by atomic mass is 16.1. The van der Waals surface area contributed by atoms with Crippen molar-refractivity contribution in [2.75, 3.05) is 43.9 Å². The summed E-state index contributed by atoms with van der Waals surface area (Å²) in [6.45, 7) is 9.32. The molecule has 4 aromatic rings. The lowest BCUT2D eigenvalue weighted by molar-refractivity contribution is 0.102. The number of nitrogens with zero attached hydrogens (tertiary/aromatic N) is 5. The van der Waals surface area contributed by atoms with E-state index >= 15 is 0 Å². The van der Waals surface area contributed by atoms with Crippen molar-refractivity contribution in [1.29, 1.82) is 0 Å². The average molecular weight is 508 g/mol. The summed E-state index contributed by atoms with van der Waals surface area (Å²) in [5.74, 6) is 0.341. The molecule has 1 saturated heterocycles. The molecule has 194 valence electrons. The van der Waals surface area contributed by atoms with E-state index in [1.54, 1.807) is 18.6 Å². The second-order valence-electron chi connectivity index (χ2n) is 9.84. The Hall–Kier alpha value is -4.14. The van der Waals surface area contributed by atoms with E-state index in [4.69, 9.17) is 0 Å². The number of rotatable bonds is 7. The summed E-state index contributed by atoms with van der Waals surface area (Å²) in [6.07, 6.45) is 5.22. The monoisotopic (exact) mass is 507 g/mol. The van der Waals surface area contributed by atoms with Gasteiger partial charge in [0.1, 0.15) is 0 Å². The summed E-state index contributed by atoms with van der Waals surface area (Å²) in [4.78, 5) is 31.1. The van der Waals surface area contributed by atoms with E-state index < -0.39 is 0 Å². The molecule has 0 aliphatic carbocycles. The topological polar surface area (TPSA) is 86.3 Å². The molecular formula is C30H33N7O. The molecule has 1 amide bonds. The second kappa shape index (κ2) is 11.5. The zero-order valence-electron chi connectivity index (χ0n) is 22.1. The van der Waals surface area contributed by atoms with Gasteiger partial charge in [0, 0.05) is 73.8 Å². The number of hydrogen-bond donors (Lipinski definition) is 2. The van der Waals surface area contributed by atoms with Gasteiger partial charge in [0.25, 0.3) is 5.91 Å². The van der Waals surface area contributed by atoms with E-state index in [2.05, 4.69) is 55.4 Å². The molecule has 1 aliphatic rings. The zero-order chi connectivity index (χ0) is 26.5. The van der Waals surface area contributed by atoms with E-state index in [1.165, 1.54) is 5.56 Å². The van der Waals surface area contributed by atoms with Crippen molar-refractivity contribution in [2.45, 2.75) is 20.4 Å². The molecular weight excluding hydrogens is 474 g/mol. The summed E-state index contributed by atoms with van der Waals surface area (Å²) in [5.41, 5.74) is 7.28. The number of benzene rings is 2. The average Bonchev–Trinajstić information content (AvgIpc) is 2.93. The number of pyridine rings is 1. The number of carbonyl (C=O) groups excluding carboxylic acids is 1. The van der Waals surface area contributed by atoms with Crippen LogP contribution in [0.1, 0.15) is 27.0 Å². The van der Waals surface area contributed by atoms with Gasteiger partial charge in [-0.05, 0) is 80.1 Å². The minimum absolute atomic E-state index is 0.135. The third kappa shape index (κ3) is 6.22. The molecule has 2 aromatic heterocycles. The molecule has 2 aromatic carbocycles. The Labute approximate surface area is 223 Å². The minimum Gasteiger partial charge on any atom is -0.324 e. The molecule has 2 N–H and O–H groups in total. The van der Waals surface area contributed by atoms with Gasteiger partial charge in [0.15, 0.2) is 0 Å². The number of nitrogens with one attached hydrogen (secondary N) is 2. The van der Waals surface area contributed by atoms with Crippen molar-refractivity contribution in [1.82, 2.24) is 24.8 Å². The van der Waals surface area contributed by atoms with Crippen LogP contribution in [0.15, 0.2) is 73.2 Å². The van der Waals surface area contributed by atoms with Crippen molar-refractivity contribution in [2.24, 2.45) is 0 Å². The molecule has 0 bridgehead atoms. The van der Waals surface area contributed by atoms with Gasteiger partial charge in [-0.25, -0.2) is 9.97 Å². The largest absolute Gasteiger partial charge is 0.324 e. The Morgan fingerprint density at radius 3 is 2.55 bits per heavy atom. The molecule has 38 heavy (non-hydrogen) atoms. The second-order valence-corrected chi connectivity index (χ2v) is 9.84. The Balaban J connectivity index is 1.26. The standard InChI is InChI=1S/C30H33N7O/c1-21-6-9-26(18-28(21)35-30-32-12-10-27(34-30)24-5-4-11-31-19-24)33-29(38)23-7-8-25(22(2)17-23)20-37-15-13-36(3)14-16-37/h4-12,17-19H,13-16,20H2,1-3H3,(H,33,38)(H,32,34,35). The fourth-order valence-electron chi connectivity index (χ4n) is 4.51. The van der Waals surface area contributed by atoms with Crippen LogP contribution < -0.4 is 10.6 Å². The minimum atomic E-state index is -0.135. The van der Waals surface area contributed by atoms with E-state index in [0.717, 1.165) is 60.8 Å². The molecule has 1 fully saturated rings. The Morgan fingerprint density at radius 2 is 1.79 bits per heavy atom. The summed E-state index contributed by atoms with van der Waals surface area (Å²) in [6, 6.07) is 17.4. The third-order valence-electron chi connectivity index (χ3n) is 6.95. The van der Waals surface area contributed by atoms with Crippen LogP contribution in [-0.2, 0) is 6.54 Å². The van der Waals surface area contributed by atoms with Gasteiger partial charge in [-0.2, -0.15) is 0 Å². The maximum absolute atomic E-state index is 13.1. The summed E-state index contributed by atoms with van der Waals surface area (Å²) >= 11 is 0. The predicted molar refractivity (Wildman–Crippen MR) is 152 cm³/mol. The zero-order valence-corrected chi connectivity index (χ0v) is 22.1. The van der Waals surface area contributed by atoms with Gasteiger partial charge in [0.05, 0.1) is 5.69 Å². The smallest absolute Gasteiger partial charge is 0.255 e. The summed E-state index contributed by atoms with van der Waals surface area (Å²) in [7, 11) is 2.16. The van der Waals surface area contributed by atoms with Crippen molar-refractivity contribution in [3.05, 3.63) is 95.4 Å². The number of anilines is 3. The number of likely N-dealkylation sites (N-methyl/N-ethyl adjacent to an activating group) is 1. The van der Waals surface area contributed by atoms with Gasteiger partial charge in [-0.15, -0.1) is 0 Å². The lowest BCUT2D eigenvalue weighted by atomic mass is 10.0. The molecule has 8 heteroatoms. The van der Waals surface area contributed by atoms with Crippen molar-refractivity contribution < 1.29 is 4.79 Å². The van der Waals surface area contributed by atoms with E-state index in [9.17, 15) is 4.79 Å². The summed E-state index contributed by atoms with van der Waals surface area (Å²) in [5, 5.41) is 6.33. The SMILES string of the molecule is Cc1cc(C(=O)Nc2ccc(C)c(Nc3nccc(-c4cccnc4)n3)c2)ccc1CN1CCN(C)CC1. The predicted octanol–water partition coefficient (Wildman–Crippen LogP) is 4.90. The highest BCUT2D eigenvalue weighted by Gasteiger charge is 2.16. The highest BCUT2D eigenvalue weighted by Crippen LogP contribution is 2.25. The first-order chi connectivity index (χ1) is 18.4. The molecule has 5 rings (SSSR count). The first-order valence-electron chi connectivity index (χ1n) is 12.9. The number of amides is 1. The van der Waals surface area contributed by atoms with Gasteiger partial charge in [-0.1, -0.05) is 12.1 Å². The molecule has 3 heterocycles. The molecule has 8 nitrogen and oxygen atoms in total. The number of hydrogen-bond acceptors (Lipinski definition) is 7. The first kappa shape index (κ1) is 25.5. The van der Waals surface area contributed by atoms with Gasteiger partial charge < -0.3 is 15.5 Å². The number of carbonyl (C=O) groups is 1. The van der Waals surface area contributed by atoms with E-state index in [0.29, 0.717) is 17.2 Å². The van der Waals surface area contributed by atoms with Gasteiger partial charge >= 0.3 is 0 Å². The molecule has 1 aliphatic heterocycles. The number of aromatic nitrogens is 3. The lowest BCUT2D eigenvalue weighted by Crippen LogP contribution is -2.43. The molecule has 0 atom stereocenters. The van der Waals surface area contributed by atoms with Gasteiger partial charge in [-0.3, -0.25) is 14.7 Å². The van der Waals surface area contributed by atoms with E-state index in [-0.39, 0.29) is 5.91 Å². The Morgan fingerprint density at radius 1 is 0.947 bits per heavy atom. The third-order valence-corrected chi connectivity index (χ3v) is 6.95. The highest BCUT2D eigenvalue weighted by molar-refractivity contribution is 6.04. The van der Waals surface area contributed by atoms with Crippen molar-refractivity contribution in [3.8, 4) is 11.3 Å². The maximum Gasteiger partial charge on any atom is 0.255 e. The van der Waals surface area contributed by atoms with E-state index in [1.807, 2.05) is 55.5 Å². The molecule has 0 saturated carbocycles. The van der Waals surface area contributed by atoms with Crippen LogP contribution in [0.25, 0.3) is 11.3 Å².